The van der Waals surface area contributed by atoms with Crippen molar-refractivity contribution in [2.24, 2.45) is 0 Å². The minimum absolute atomic E-state index is 0.105. The summed E-state index contributed by atoms with van der Waals surface area (Å²) in [5.41, 5.74) is 4.16. The molecule has 0 radical (unpaired) electrons. The molecule has 148 valence electrons. The van der Waals surface area contributed by atoms with Gasteiger partial charge < -0.3 is 15.5 Å². The number of rotatable bonds is 5. The van der Waals surface area contributed by atoms with Crippen molar-refractivity contribution < 1.29 is 4.79 Å². The third-order valence-corrected chi connectivity index (χ3v) is 5.29. The molecule has 1 amide bonds. The average molecular weight is 386 g/mol. The molecule has 1 fully saturated rings. The van der Waals surface area contributed by atoms with Crippen LogP contribution >= 0.6 is 0 Å². The Morgan fingerprint density at radius 2 is 1.90 bits per heavy atom. The number of piperazine rings is 1. The Kier molecular flexibility index (Phi) is 5.86. The second kappa shape index (κ2) is 8.88. The molecule has 0 bridgehead atoms. The molecule has 1 aliphatic heterocycles. The number of nitrogens with one attached hydrogen (secondary N) is 2. The van der Waals surface area contributed by atoms with Crippen LogP contribution in [0, 0.1) is 6.92 Å². The Morgan fingerprint density at radius 1 is 1.10 bits per heavy atom. The van der Waals surface area contributed by atoms with Crippen molar-refractivity contribution in [2.75, 3.05) is 24.5 Å². The van der Waals surface area contributed by atoms with E-state index in [1.165, 1.54) is 11.1 Å². The fourth-order valence-electron chi connectivity index (χ4n) is 3.56. The van der Waals surface area contributed by atoms with E-state index >= 15 is 0 Å². The summed E-state index contributed by atoms with van der Waals surface area (Å²) in [6.45, 7) is 5.22. The summed E-state index contributed by atoms with van der Waals surface area (Å²) in [5, 5.41) is 6.53. The Morgan fingerprint density at radius 3 is 2.62 bits per heavy atom. The lowest BCUT2D eigenvalue weighted by Crippen LogP contribution is -2.46. The van der Waals surface area contributed by atoms with Crippen molar-refractivity contribution in [1.29, 1.82) is 0 Å². The van der Waals surface area contributed by atoms with Crippen molar-refractivity contribution in [3.8, 4) is 0 Å². The maximum absolute atomic E-state index is 12.4. The SMILES string of the molecule is Cc1ccc(CNC(=O)c2ccc(N3CCN[C@@H](c4ccccc4)C3)nc2)cc1. The number of nitrogens with zero attached hydrogens (tertiary/aromatic N) is 2. The molecule has 0 spiro atoms. The number of amides is 1. The van der Waals surface area contributed by atoms with Gasteiger partial charge in [0.2, 0.25) is 0 Å². The predicted octanol–water partition coefficient (Wildman–Crippen LogP) is 3.47. The summed E-state index contributed by atoms with van der Waals surface area (Å²) in [6.07, 6.45) is 1.67. The number of carbonyl (C=O) groups excluding carboxylic acids is 1. The zero-order chi connectivity index (χ0) is 20.1. The molecular formula is C24H26N4O. The number of pyridine rings is 1. The van der Waals surface area contributed by atoms with E-state index in [1.807, 2.05) is 42.5 Å². The molecule has 5 nitrogen and oxygen atoms in total. The van der Waals surface area contributed by atoms with Crippen LogP contribution in [0.25, 0.3) is 0 Å². The molecule has 29 heavy (non-hydrogen) atoms. The molecule has 0 saturated carbocycles. The summed E-state index contributed by atoms with van der Waals surface area (Å²) in [5.74, 6) is 0.801. The second-order valence-electron chi connectivity index (χ2n) is 7.44. The molecule has 2 aromatic carbocycles. The van der Waals surface area contributed by atoms with Gasteiger partial charge >= 0.3 is 0 Å². The maximum atomic E-state index is 12.4. The van der Waals surface area contributed by atoms with Crippen molar-refractivity contribution in [3.63, 3.8) is 0 Å². The van der Waals surface area contributed by atoms with E-state index < -0.39 is 0 Å². The van der Waals surface area contributed by atoms with Crippen molar-refractivity contribution in [1.82, 2.24) is 15.6 Å². The molecule has 3 aromatic rings. The molecule has 1 atom stereocenters. The molecule has 5 heteroatoms. The predicted molar refractivity (Wildman–Crippen MR) is 116 cm³/mol. The van der Waals surface area contributed by atoms with E-state index in [0.717, 1.165) is 31.0 Å². The summed E-state index contributed by atoms with van der Waals surface area (Å²) in [4.78, 5) is 19.3. The zero-order valence-electron chi connectivity index (χ0n) is 16.6. The highest BCUT2D eigenvalue weighted by atomic mass is 16.1. The number of carbonyl (C=O) groups is 1. The first kappa shape index (κ1) is 19.2. The number of hydrogen-bond donors (Lipinski definition) is 2. The minimum atomic E-state index is -0.105. The monoisotopic (exact) mass is 386 g/mol. The van der Waals surface area contributed by atoms with Crippen LogP contribution in [0.2, 0.25) is 0 Å². The Bertz CT molecular complexity index is 939. The number of aromatic nitrogens is 1. The van der Waals surface area contributed by atoms with Gasteiger partial charge in [0.15, 0.2) is 0 Å². The molecule has 1 saturated heterocycles. The number of anilines is 1. The van der Waals surface area contributed by atoms with E-state index in [4.69, 9.17) is 0 Å². The van der Waals surface area contributed by atoms with E-state index in [-0.39, 0.29) is 11.9 Å². The fourth-order valence-corrected chi connectivity index (χ4v) is 3.56. The largest absolute Gasteiger partial charge is 0.353 e. The highest BCUT2D eigenvalue weighted by Crippen LogP contribution is 2.21. The van der Waals surface area contributed by atoms with Crippen LogP contribution in [-0.4, -0.2) is 30.5 Å². The van der Waals surface area contributed by atoms with E-state index in [2.05, 4.69) is 51.7 Å². The second-order valence-corrected chi connectivity index (χ2v) is 7.44. The summed E-state index contributed by atoms with van der Waals surface area (Å²) >= 11 is 0. The minimum Gasteiger partial charge on any atom is -0.353 e. The normalized spacial score (nSPS) is 16.4. The van der Waals surface area contributed by atoms with Crippen LogP contribution in [0.15, 0.2) is 72.9 Å². The topological polar surface area (TPSA) is 57.3 Å². The third-order valence-electron chi connectivity index (χ3n) is 5.29. The van der Waals surface area contributed by atoms with E-state index in [0.29, 0.717) is 12.1 Å². The van der Waals surface area contributed by atoms with Crippen LogP contribution in [0.1, 0.15) is 33.1 Å². The van der Waals surface area contributed by atoms with Gasteiger partial charge in [-0.3, -0.25) is 4.79 Å². The lowest BCUT2D eigenvalue weighted by atomic mass is 10.0. The molecule has 4 rings (SSSR count). The van der Waals surface area contributed by atoms with Crippen LogP contribution in [0.4, 0.5) is 5.82 Å². The lowest BCUT2D eigenvalue weighted by Gasteiger charge is -2.34. The average Bonchev–Trinajstić information content (AvgIpc) is 2.79. The van der Waals surface area contributed by atoms with Gasteiger partial charge in [-0.2, -0.15) is 0 Å². The first-order chi connectivity index (χ1) is 14.2. The van der Waals surface area contributed by atoms with Crippen LogP contribution in [-0.2, 0) is 6.54 Å². The molecule has 2 N–H and O–H groups in total. The molecule has 1 aromatic heterocycles. The fraction of sp³-hybridized carbons (Fsp3) is 0.250. The summed E-state index contributed by atoms with van der Waals surface area (Å²) in [7, 11) is 0. The van der Waals surface area contributed by atoms with Crippen LogP contribution in [0.5, 0.6) is 0 Å². The van der Waals surface area contributed by atoms with Crippen LogP contribution < -0.4 is 15.5 Å². The van der Waals surface area contributed by atoms with Gasteiger partial charge in [-0.15, -0.1) is 0 Å². The standard InChI is InChI=1S/C24H26N4O/c1-18-7-9-19(10-8-18)15-27-24(29)21-11-12-23(26-16-21)28-14-13-25-22(17-28)20-5-3-2-4-6-20/h2-12,16,22,25H,13-15,17H2,1H3,(H,27,29)/t22-/m1/s1. The molecule has 0 aliphatic carbocycles. The smallest absolute Gasteiger partial charge is 0.253 e. The van der Waals surface area contributed by atoms with Crippen molar-refractivity contribution in [2.45, 2.75) is 19.5 Å². The third kappa shape index (κ3) is 4.81. The first-order valence-corrected chi connectivity index (χ1v) is 10.0. The quantitative estimate of drug-likeness (QED) is 0.705. The first-order valence-electron chi connectivity index (χ1n) is 10.0. The van der Waals surface area contributed by atoms with Crippen molar-refractivity contribution in [3.05, 3.63) is 95.2 Å². The summed E-state index contributed by atoms with van der Waals surface area (Å²) in [6, 6.07) is 22.7. The molecule has 1 aliphatic rings. The number of hydrogen-bond acceptors (Lipinski definition) is 4. The Balaban J connectivity index is 1.37. The van der Waals surface area contributed by atoms with Gasteiger partial charge in [0.25, 0.3) is 5.91 Å². The number of aryl methyl sites for hydroxylation is 1. The maximum Gasteiger partial charge on any atom is 0.253 e. The van der Waals surface area contributed by atoms with Crippen molar-refractivity contribution >= 4 is 11.7 Å². The number of benzene rings is 2. The highest BCUT2D eigenvalue weighted by Gasteiger charge is 2.21. The Labute approximate surface area is 171 Å². The highest BCUT2D eigenvalue weighted by molar-refractivity contribution is 5.94. The van der Waals surface area contributed by atoms with Gasteiger partial charge in [-0.25, -0.2) is 4.98 Å². The van der Waals surface area contributed by atoms with E-state index in [9.17, 15) is 4.79 Å². The van der Waals surface area contributed by atoms with E-state index in [1.54, 1.807) is 6.20 Å². The zero-order valence-corrected chi connectivity index (χ0v) is 16.6. The van der Waals surface area contributed by atoms with Gasteiger partial charge in [0, 0.05) is 38.4 Å². The molecule has 2 heterocycles. The van der Waals surface area contributed by atoms with Gasteiger partial charge in [0.1, 0.15) is 5.82 Å². The molecule has 0 unspecified atom stereocenters. The van der Waals surface area contributed by atoms with Crippen LogP contribution in [0.3, 0.4) is 0 Å². The van der Waals surface area contributed by atoms with Gasteiger partial charge in [-0.1, -0.05) is 60.2 Å². The van der Waals surface area contributed by atoms with Gasteiger partial charge in [-0.05, 0) is 30.2 Å². The summed E-state index contributed by atoms with van der Waals surface area (Å²) < 4.78 is 0. The lowest BCUT2D eigenvalue weighted by molar-refractivity contribution is 0.0950. The Hall–Kier alpha value is -3.18. The molecular weight excluding hydrogens is 360 g/mol. The van der Waals surface area contributed by atoms with Gasteiger partial charge in [0.05, 0.1) is 5.56 Å².